The molecule has 0 bridgehead atoms. The number of rotatable bonds is 3. The van der Waals surface area contributed by atoms with Crippen LogP contribution in [0.25, 0.3) is 0 Å². The molecule has 98 valence electrons. The monoisotopic (exact) mass is 252 g/mol. The highest BCUT2D eigenvalue weighted by Gasteiger charge is 2.25. The van der Waals surface area contributed by atoms with Gasteiger partial charge in [-0.05, 0) is 39.0 Å². The van der Waals surface area contributed by atoms with Crippen molar-refractivity contribution in [2.45, 2.75) is 20.8 Å². The summed E-state index contributed by atoms with van der Waals surface area (Å²) >= 11 is 0. The smallest absolute Gasteiger partial charge is 0.335 e. The van der Waals surface area contributed by atoms with Gasteiger partial charge in [-0.15, -0.1) is 0 Å². The van der Waals surface area contributed by atoms with Gasteiger partial charge in [-0.2, -0.15) is 0 Å². The van der Waals surface area contributed by atoms with Crippen molar-refractivity contribution in [2.75, 3.05) is 7.11 Å². The van der Waals surface area contributed by atoms with E-state index in [9.17, 15) is 9.59 Å². The average Bonchev–Trinajstić information content (AvgIpc) is 2.27. The van der Waals surface area contributed by atoms with E-state index in [2.05, 4.69) is 0 Å². The molecule has 0 fully saturated rings. The molecule has 1 aromatic carbocycles. The molecule has 0 aliphatic rings. The number of aromatic carboxylic acids is 1. The van der Waals surface area contributed by atoms with E-state index in [1.165, 1.54) is 25.3 Å². The molecule has 0 saturated carbocycles. The first kappa shape index (κ1) is 14.0. The maximum absolute atomic E-state index is 11.8. The largest absolute Gasteiger partial charge is 0.493 e. The van der Waals surface area contributed by atoms with E-state index in [4.69, 9.17) is 14.6 Å². The molecule has 0 aliphatic carbocycles. The van der Waals surface area contributed by atoms with Crippen LogP contribution in [0, 0.1) is 5.41 Å². The van der Waals surface area contributed by atoms with Crippen molar-refractivity contribution in [1.82, 2.24) is 0 Å². The summed E-state index contributed by atoms with van der Waals surface area (Å²) in [4.78, 5) is 22.6. The first-order chi connectivity index (χ1) is 8.25. The Labute approximate surface area is 105 Å². The van der Waals surface area contributed by atoms with Crippen LogP contribution < -0.4 is 9.47 Å². The molecule has 0 saturated heterocycles. The molecule has 0 unspecified atom stereocenters. The molecule has 0 atom stereocenters. The minimum Gasteiger partial charge on any atom is -0.493 e. The van der Waals surface area contributed by atoms with Gasteiger partial charge in [0.05, 0.1) is 18.1 Å². The predicted molar refractivity (Wildman–Crippen MR) is 65.0 cm³/mol. The summed E-state index contributed by atoms with van der Waals surface area (Å²) in [5, 5.41) is 8.89. The highest BCUT2D eigenvalue weighted by atomic mass is 16.6. The van der Waals surface area contributed by atoms with Gasteiger partial charge in [-0.25, -0.2) is 4.79 Å². The van der Waals surface area contributed by atoms with Crippen LogP contribution in [-0.4, -0.2) is 24.2 Å². The number of methoxy groups -OCH3 is 1. The molecule has 18 heavy (non-hydrogen) atoms. The molecule has 0 heterocycles. The highest BCUT2D eigenvalue weighted by Crippen LogP contribution is 2.30. The maximum atomic E-state index is 11.8. The fourth-order valence-corrected chi connectivity index (χ4v) is 1.14. The van der Waals surface area contributed by atoms with Gasteiger partial charge in [-0.3, -0.25) is 4.79 Å². The van der Waals surface area contributed by atoms with Crippen molar-refractivity contribution in [3.63, 3.8) is 0 Å². The van der Waals surface area contributed by atoms with Gasteiger partial charge in [0.1, 0.15) is 0 Å². The molecule has 5 heteroatoms. The second-order valence-corrected chi connectivity index (χ2v) is 4.81. The zero-order valence-electron chi connectivity index (χ0n) is 10.8. The van der Waals surface area contributed by atoms with Crippen LogP contribution in [0.3, 0.4) is 0 Å². The second kappa shape index (κ2) is 5.08. The molecule has 1 N–H and O–H groups in total. The number of carboxylic acid groups (broad SMARTS) is 1. The van der Waals surface area contributed by atoms with Crippen LogP contribution in [-0.2, 0) is 4.79 Å². The number of carboxylic acids is 1. The molecule has 0 aromatic heterocycles. The Balaban J connectivity index is 3.09. The summed E-state index contributed by atoms with van der Waals surface area (Å²) in [6.45, 7) is 5.13. The van der Waals surface area contributed by atoms with Crippen LogP contribution in [0.4, 0.5) is 0 Å². The van der Waals surface area contributed by atoms with Crippen molar-refractivity contribution in [3.05, 3.63) is 23.8 Å². The minimum absolute atomic E-state index is 0.0347. The SMILES string of the molecule is COc1ccc(C(=O)O)cc1OC(=O)C(C)(C)C. The first-order valence-electron chi connectivity index (χ1n) is 5.39. The zero-order valence-corrected chi connectivity index (χ0v) is 10.8. The van der Waals surface area contributed by atoms with E-state index in [0.717, 1.165) is 0 Å². The third kappa shape index (κ3) is 3.23. The van der Waals surface area contributed by atoms with Crippen LogP contribution in [0.15, 0.2) is 18.2 Å². The van der Waals surface area contributed by atoms with Crippen LogP contribution in [0.2, 0.25) is 0 Å². The van der Waals surface area contributed by atoms with Gasteiger partial charge in [-0.1, -0.05) is 0 Å². The highest BCUT2D eigenvalue weighted by molar-refractivity contribution is 5.89. The number of benzene rings is 1. The Bertz CT molecular complexity index is 471. The van der Waals surface area contributed by atoms with E-state index in [0.29, 0.717) is 5.75 Å². The Morgan fingerprint density at radius 3 is 2.22 bits per heavy atom. The van der Waals surface area contributed by atoms with Gasteiger partial charge in [0.25, 0.3) is 0 Å². The normalized spacial score (nSPS) is 10.9. The molecule has 0 aliphatic heterocycles. The number of ether oxygens (including phenoxy) is 2. The lowest BCUT2D eigenvalue weighted by atomic mass is 9.97. The first-order valence-corrected chi connectivity index (χ1v) is 5.39. The lowest BCUT2D eigenvalue weighted by molar-refractivity contribution is -0.143. The van der Waals surface area contributed by atoms with Crippen molar-refractivity contribution in [2.24, 2.45) is 5.41 Å². The molecule has 5 nitrogen and oxygen atoms in total. The fraction of sp³-hybridized carbons (Fsp3) is 0.385. The summed E-state index contributed by atoms with van der Waals surface area (Å²) < 4.78 is 10.2. The van der Waals surface area contributed by atoms with E-state index < -0.39 is 17.4 Å². The molecule has 1 rings (SSSR count). The van der Waals surface area contributed by atoms with Crippen LogP contribution in [0.1, 0.15) is 31.1 Å². The maximum Gasteiger partial charge on any atom is 0.335 e. The third-order valence-electron chi connectivity index (χ3n) is 2.23. The van der Waals surface area contributed by atoms with Gasteiger partial charge >= 0.3 is 11.9 Å². The quantitative estimate of drug-likeness (QED) is 0.660. The Morgan fingerprint density at radius 2 is 1.78 bits per heavy atom. The van der Waals surface area contributed by atoms with Crippen molar-refractivity contribution < 1.29 is 24.2 Å². The third-order valence-corrected chi connectivity index (χ3v) is 2.23. The Morgan fingerprint density at radius 1 is 1.17 bits per heavy atom. The second-order valence-electron chi connectivity index (χ2n) is 4.81. The number of carbonyl (C=O) groups is 2. The lowest BCUT2D eigenvalue weighted by Crippen LogP contribution is -2.25. The van der Waals surface area contributed by atoms with Gasteiger partial charge in [0, 0.05) is 0 Å². The van der Waals surface area contributed by atoms with E-state index in [-0.39, 0.29) is 11.3 Å². The predicted octanol–water partition coefficient (Wildman–Crippen LogP) is 2.34. The van der Waals surface area contributed by atoms with Crippen molar-refractivity contribution in [3.8, 4) is 11.5 Å². The molecular formula is C13H16O5. The molecule has 0 spiro atoms. The van der Waals surface area contributed by atoms with Gasteiger partial charge in [0.2, 0.25) is 0 Å². The van der Waals surface area contributed by atoms with Crippen LogP contribution >= 0.6 is 0 Å². The zero-order chi connectivity index (χ0) is 13.9. The average molecular weight is 252 g/mol. The minimum atomic E-state index is -1.09. The van der Waals surface area contributed by atoms with Crippen molar-refractivity contribution >= 4 is 11.9 Å². The van der Waals surface area contributed by atoms with E-state index in [1.807, 2.05) is 0 Å². The number of carbonyl (C=O) groups excluding carboxylic acids is 1. The summed E-state index contributed by atoms with van der Waals surface area (Å²) in [5.41, 5.74) is -0.642. The molecule has 1 aromatic rings. The summed E-state index contributed by atoms with van der Waals surface area (Å²) in [7, 11) is 1.42. The summed E-state index contributed by atoms with van der Waals surface area (Å²) in [5.74, 6) is -1.12. The topological polar surface area (TPSA) is 72.8 Å². The number of hydrogen-bond donors (Lipinski definition) is 1. The molecular weight excluding hydrogens is 236 g/mol. The van der Waals surface area contributed by atoms with E-state index in [1.54, 1.807) is 20.8 Å². The van der Waals surface area contributed by atoms with Gasteiger partial charge in [0.15, 0.2) is 11.5 Å². The number of hydrogen-bond acceptors (Lipinski definition) is 4. The standard InChI is InChI=1S/C13H16O5/c1-13(2,3)12(16)18-10-7-8(11(14)15)5-6-9(10)17-4/h5-7H,1-4H3,(H,14,15). The summed E-state index contributed by atoms with van der Waals surface area (Å²) in [6.07, 6.45) is 0. The Kier molecular flexibility index (Phi) is 3.96. The fourth-order valence-electron chi connectivity index (χ4n) is 1.14. The lowest BCUT2D eigenvalue weighted by Gasteiger charge is -2.17. The van der Waals surface area contributed by atoms with E-state index >= 15 is 0 Å². The van der Waals surface area contributed by atoms with Crippen LogP contribution in [0.5, 0.6) is 11.5 Å². The molecule has 0 radical (unpaired) electrons. The van der Waals surface area contributed by atoms with Crippen molar-refractivity contribution in [1.29, 1.82) is 0 Å². The number of esters is 1. The molecule has 0 amide bonds. The Hall–Kier alpha value is -2.04. The summed E-state index contributed by atoms with van der Waals surface area (Å²) in [6, 6.07) is 4.11. The van der Waals surface area contributed by atoms with Gasteiger partial charge < -0.3 is 14.6 Å².